The first-order valence-corrected chi connectivity index (χ1v) is 10.9. The largest absolute Gasteiger partial charge is 0.497 e. The molecular weight excluding hydrogens is 466 g/mol. The summed E-state index contributed by atoms with van der Waals surface area (Å²) >= 11 is 7.11. The summed E-state index contributed by atoms with van der Waals surface area (Å²) in [5.41, 5.74) is 2.31. The lowest BCUT2D eigenvalue weighted by molar-refractivity contribution is -0.119. The lowest BCUT2D eigenvalue weighted by Crippen LogP contribution is -2.20. The normalized spacial score (nSPS) is 10.6. The van der Waals surface area contributed by atoms with Crippen LogP contribution in [0.4, 0.5) is 5.13 Å². The van der Waals surface area contributed by atoms with Crippen LogP contribution in [-0.4, -0.2) is 42.7 Å². The van der Waals surface area contributed by atoms with E-state index in [1.165, 1.54) is 11.3 Å². The number of halogens is 1. The van der Waals surface area contributed by atoms with E-state index >= 15 is 0 Å². The van der Waals surface area contributed by atoms with Crippen LogP contribution < -0.4 is 14.8 Å². The first-order valence-electron chi connectivity index (χ1n) is 9.68. The van der Waals surface area contributed by atoms with Crippen molar-refractivity contribution < 1.29 is 23.8 Å². The van der Waals surface area contributed by atoms with Crippen LogP contribution in [0.25, 0.3) is 22.2 Å². The van der Waals surface area contributed by atoms with Gasteiger partial charge in [0, 0.05) is 16.3 Å². The molecule has 0 radical (unpaired) electrons. The fourth-order valence-corrected chi connectivity index (χ4v) is 3.95. The zero-order valence-corrected chi connectivity index (χ0v) is 19.2. The molecule has 0 saturated heterocycles. The van der Waals surface area contributed by atoms with Gasteiger partial charge in [-0.1, -0.05) is 11.6 Å². The van der Waals surface area contributed by atoms with Crippen LogP contribution in [0.3, 0.4) is 0 Å². The van der Waals surface area contributed by atoms with E-state index in [0.29, 0.717) is 38.6 Å². The average Bonchev–Trinajstić information content (AvgIpc) is 3.29. The number of methoxy groups -OCH3 is 2. The summed E-state index contributed by atoms with van der Waals surface area (Å²) < 4.78 is 15.8. The van der Waals surface area contributed by atoms with Gasteiger partial charge in [-0.3, -0.25) is 10.1 Å². The summed E-state index contributed by atoms with van der Waals surface area (Å²) in [6, 6.07) is 13.6. The van der Waals surface area contributed by atoms with Crippen LogP contribution >= 0.6 is 22.9 Å². The van der Waals surface area contributed by atoms with Crippen LogP contribution in [0.15, 0.2) is 53.9 Å². The number of carbonyl (C=O) groups is 2. The van der Waals surface area contributed by atoms with Gasteiger partial charge in [0.1, 0.15) is 16.7 Å². The summed E-state index contributed by atoms with van der Waals surface area (Å²) in [7, 11) is 3.14. The van der Waals surface area contributed by atoms with Crippen molar-refractivity contribution in [3.05, 3.63) is 64.6 Å². The third-order valence-electron chi connectivity index (χ3n) is 4.66. The Labute approximate surface area is 198 Å². The molecule has 0 aliphatic rings. The van der Waals surface area contributed by atoms with Crippen molar-refractivity contribution in [3.8, 4) is 22.8 Å². The second-order valence-electron chi connectivity index (χ2n) is 6.77. The SMILES string of the molecule is COc1ccc(OC)c(-c2csc(NC(=O)COC(=O)c3ccc4nc(Cl)ccc4c3)n2)c1. The van der Waals surface area contributed by atoms with Crippen LogP contribution in [0, 0.1) is 0 Å². The Bertz CT molecular complexity index is 1340. The van der Waals surface area contributed by atoms with Gasteiger partial charge in [0.05, 0.1) is 31.0 Å². The number of carbonyl (C=O) groups excluding carboxylic acids is 2. The van der Waals surface area contributed by atoms with Gasteiger partial charge in [-0.2, -0.15) is 0 Å². The first-order chi connectivity index (χ1) is 16.0. The number of nitrogens with zero attached hydrogens (tertiary/aromatic N) is 2. The fourth-order valence-electron chi connectivity index (χ4n) is 3.07. The number of amides is 1. The minimum Gasteiger partial charge on any atom is -0.497 e. The highest BCUT2D eigenvalue weighted by atomic mass is 35.5. The number of thiazole rings is 1. The number of hydrogen-bond donors (Lipinski definition) is 1. The van der Waals surface area contributed by atoms with Gasteiger partial charge in [-0.15, -0.1) is 11.3 Å². The Morgan fingerprint density at radius 3 is 2.67 bits per heavy atom. The van der Waals surface area contributed by atoms with E-state index in [9.17, 15) is 9.59 Å². The predicted molar refractivity (Wildman–Crippen MR) is 126 cm³/mol. The summed E-state index contributed by atoms with van der Waals surface area (Å²) in [6.07, 6.45) is 0. The number of hydrogen-bond acceptors (Lipinski definition) is 8. The molecule has 2 aromatic heterocycles. The van der Waals surface area contributed by atoms with Gasteiger partial charge in [0.15, 0.2) is 11.7 Å². The predicted octanol–water partition coefficient (Wildman–Crippen LogP) is 4.82. The number of benzene rings is 2. The summed E-state index contributed by atoms with van der Waals surface area (Å²) in [5, 5.41) is 5.89. The van der Waals surface area contributed by atoms with Crippen LogP contribution in [-0.2, 0) is 9.53 Å². The average molecular weight is 484 g/mol. The van der Waals surface area contributed by atoms with Gasteiger partial charge < -0.3 is 14.2 Å². The van der Waals surface area contributed by atoms with Crippen molar-refractivity contribution in [2.45, 2.75) is 0 Å². The van der Waals surface area contributed by atoms with E-state index in [1.807, 2.05) is 0 Å². The molecular formula is C23H18ClN3O5S. The molecule has 8 nitrogen and oxygen atoms in total. The fraction of sp³-hybridized carbons (Fsp3) is 0.130. The molecule has 1 N–H and O–H groups in total. The molecule has 0 atom stereocenters. The molecule has 1 amide bonds. The number of nitrogens with one attached hydrogen (secondary N) is 1. The molecule has 2 aromatic carbocycles. The van der Waals surface area contributed by atoms with E-state index in [0.717, 1.165) is 10.9 Å². The number of fused-ring (bicyclic) bond motifs is 1. The van der Waals surface area contributed by atoms with Crippen molar-refractivity contribution in [2.24, 2.45) is 0 Å². The summed E-state index contributed by atoms with van der Waals surface area (Å²) in [4.78, 5) is 33.2. The maximum Gasteiger partial charge on any atom is 0.338 e. The lowest BCUT2D eigenvalue weighted by atomic mass is 10.1. The van der Waals surface area contributed by atoms with E-state index < -0.39 is 18.5 Å². The van der Waals surface area contributed by atoms with E-state index in [4.69, 9.17) is 25.8 Å². The number of ether oxygens (including phenoxy) is 3. The van der Waals surface area contributed by atoms with Crippen LogP contribution in [0.1, 0.15) is 10.4 Å². The number of pyridine rings is 1. The zero-order valence-electron chi connectivity index (χ0n) is 17.6. The Balaban J connectivity index is 1.38. The topological polar surface area (TPSA) is 99.6 Å². The quantitative estimate of drug-likeness (QED) is 0.297. The Hall–Kier alpha value is -3.69. The van der Waals surface area contributed by atoms with Crippen molar-refractivity contribution in [2.75, 3.05) is 26.1 Å². The minimum atomic E-state index is -0.622. The van der Waals surface area contributed by atoms with Crippen molar-refractivity contribution in [3.63, 3.8) is 0 Å². The molecule has 0 spiro atoms. The van der Waals surface area contributed by atoms with Gasteiger partial charge in [0.2, 0.25) is 0 Å². The van der Waals surface area contributed by atoms with Gasteiger partial charge >= 0.3 is 5.97 Å². The van der Waals surface area contributed by atoms with Gasteiger partial charge in [0.25, 0.3) is 5.91 Å². The monoisotopic (exact) mass is 483 g/mol. The molecule has 0 unspecified atom stereocenters. The molecule has 2 heterocycles. The first kappa shape index (κ1) is 22.5. The molecule has 0 fully saturated rings. The van der Waals surface area contributed by atoms with E-state index in [-0.39, 0.29) is 0 Å². The molecule has 33 heavy (non-hydrogen) atoms. The Morgan fingerprint density at radius 2 is 1.88 bits per heavy atom. The second-order valence-corrected chi connectivity index (χ2v) is 8.02. The molecule has 10 heteroatoms. The van der Waals surface area contributed by atoms with Gasteiger partial charge in [-0.25, -0.2) is 14.8 Å². The van der Waals surface area contributed by atoms with Crippen LogP contribution in [0.5, 0.6) is 11.5 Å². The number of anilines is 1. The minimum absolute atomic E-state index is 0.307. The maximum atomic E-state index is 12.3. The Kier molecular flexibility index (Phi) is 6.71. The zero-order chi connectivity index (χ0) is 23.4. The van der Waals surface area contributed by atoms with Gasteiger partial charge in [-0.05, 0) is 48.5 Å². The highest BCUT2D eigenvalue weighted by molar-refractivity contribution is 7.14. The molecule has 0 aliphatic heterocycles. The molecule has 0 aliphatic carbocycles. The third kappa shape index (κ3) is 5.21. The van der Waals surface area contributed by atoms with Crippen LogP contribution in [0.2, 0.25) is 5.15 Å². The number of aromatic nitrogens is 2. The number of rotatable bonds is 7. The third-order valence-corrected chi connectivity index (χ3v) is 5.63. The molecule has 0 bridgehead atoms. The molecule has 168 valence electrons. The smallest absolute Gasteiger partial charge is 0.338 e. The molecule has 0 saturated carbocycles. The Morgan fingerprint density at radius 1 is 1.03 bits per heavy atom. The maximum absolute atomic E-state index is 12.3. The van der Waals surface area contributed by atoms with Crippen molar-refractivity contribution in [1.29, 1.82) is 0 Å². The summed E-state index contributed by atoms with van der Waals surface area (Å²) in [5.74, 6) is 0.156. The van der Waals surface area contributed by atoms with E-state index in [1.54, 1.807) is 68.1 Å². The molecule has 4 aromatic rings. The number of esters is 1. The standard InChI is InChI=1S/C23H18ClN3O5S/c1-30-15-5-7-19(31-2)16(10-15)18-12-33-23(26-18)27-21(28)11-32-22(29)14-3-6-17-13(9-14)4-8-20(24)25-17/h3-10,12H,11H2,1-2H3,(H,26,27,28). The van der Waals surface area contributed by atoms with E-state index in [2.05, 4.69) is 15.3 Å². The lowest BCUT2D eigenvalue weighted by Gasteiger charge is -2.08. The summed E-state index contributed by atoms with van der Waals surface area (Å²) in [6.45, 7) is -0.451. The molecule has 4 rings (SSSR count). The van der Waals surface area contributed by atoms with Crippen molar-refractivity contribution in [1.82, 2.24) is 9.97 Å². The highest BCUT2D eigenvalue weighted by Gasteiger charge is 2.15. The second kappa shape index (κ2) is 9.85. The van der Waals surface area contributed by atoms with Crippen molar-refractivity contribution >= 4 is 50.8 Å². The highest BCUT2D eigenvalue weighted by Crippen LogP contribution is 2.35.